The second kappa shape index (κ2) is 10.5. The summed E-state index contributed by atoms with van der Waals surface area (Å²) < 4.78 is 19.5. The Bertz CT molecular complexity index is 787. The summed E-state index contributed by atoms with van der Waals surface area (Å²) in [6.07, 6.45) is 0.563. The van der Waals surface area contributed by atoms with Gasteiger partial charge in [0.1, 0.15) is 5.82 Å². The molecule has 5 nitrogen and oxygen atoms in total. The van der Waals surface area contributed by atoms with Crippen molar-refractivity contribution in [3.63, 3.8) is 0 Å². The van der Waals surface area contributed by atoms with Crippen LogP contribution in [0.25, 0.3) is 0 Å². The molecule has 0 aromatic heterocycles. The molecule has 2 aromatic rings. The lowest BCUT2D eigenvalue weighted by atomic mass is 10.1. The molecule has 1 saturated heterocycles. The van der Waals surface area contributed by atoms with Gasteiger partial charge in [0.05, 0.1) is 25.9 Å². The third-order valence-electron chi connectivity index (χ3n) is 5.33. The minimum absolute atomic E-state index is 0.0199. The molecule has 1 fully saturated rings. The molecule has 1 aliphatic heterocycles. The molecule has 1 amide bonds. The van der Waals surface area contributed by atoms with Gasteiger partial charge >= 0.3 is 0 Å². The maximum Gasteiger partial charge on any atom is 0.236 e. The average molecular weight is 400 g/mol. The lowest BCUT2D eigenvalue weighted by molar-refractivity contribution is -0.132. The molecular weight excluding hydrogens is 371 g/mol. The van der Waals surface area contributed by atoms with Crippen molar-refractivity contribution in [3.05, 3.63) is 71.5 Å². The van der Waals surface area contributed by atoms with Gasteiger partial charge in [0.15, 0.2) is 0 Å². The van der Waals surface area contributed by atoms with E-state index >= 15 is 0 Å². The monoisotopic (exact) mass is 400 g/mol. The Morgan fingerprint density at radius 3 is 2.62 bits per heavy atom. The summed E-state index contributed by atoms with van der Waals surface area (Å²) in [5, 5.41) is 9.56. The van der Waals surface area contributed by atoms with Crippen LogP contribution < -0.4 is 0 Å². The average Bonchev–Trinajstić information content (AvgIpc) is 2.89. The van der Waals surface area contributed by atoms with Gasteiger partial charge in [-0.05, 0) is 36.6 Å². The van der Waals surface area contributed by atoms with Gasteiger partial charge in [-0.2, -0.15) is 0 Å². The highest BCUT2D eigenvalue weighted by atomic mass is 19.1. The second-order valence-electron chi connectivity index (χ2n) is 7.60. The van der Waals surface area contributed by atoms with Gasteiger partial charge in [-0.15, -0.1) is 0 Å². The number of aliphatic hydroxyl groups is 1. The smallest absolute Gasteiger partial charge is 0.236 e. The normalized spacial score (nSPS) is 19.2. The topological polar surface area (TPSA) is 53.0 Å². The Kier molecular flexibility index (Phi) is 7.75. The molecule has 3 rings (SSSR count). The summed E-state index contributed by atoms with van der Waals surface area (Å²) in [4.78, 5) is 16.6. The first-order valence-electron chi connectivity index (χ1n) is 10.1. The SMILES string of the molecule is C[C@@H](CO)N1CC(=O)N(CCc2ccccc2)C[C@@H](OCc2cccc(F)c2)C1. The zero-order valence-corrected chi connectivity index (χ0v) is 16.8. The van der Waals surface area contributed by atoms with Crippen molar-refractivity contribution in [2.24, 2.45) is 0 Å². The highest BCUT2D eigenvalue weighted by molar-refractivity contribution is 5.78. The van der Waals surface area contributed by atoms with Crippen LogP contribution in [-0.4, -0.2) is 65.7 Å². The molecule has 2 aromatic carbocycles. The van der Waals surface area contributed by atoms with Crippen LogP contribution in [0.2, 0.25) is 0 Å². The van der Waals surface area contributed by atoms with E-state index in [1.165, 1.54) is 17.7 Å². The number of nitrogens with zero attached hydrogens (tertiary/aromatic N) is 2. The zero-order valence-electron chi connectivity index (χ0n) is 16.8. The molecule has 1 aliphatic rings. The number of rotatable bonds is 8. The summed E-state index contributed by atoms with van der Waals surface area (Å²) in [6.45, 7) is 4.07. The Morgan fingerprint density at radius 1 is 1.14 bits per heavy atom. The molecule has 0 aliphatic carbocycles. The summed E-state index contributed by atoms with van der Waals surface area (Å²) >= 11 is 0. The summed E-state index contributed by atoms with van der Waals surface area (Å²) in [5.74, 6) is -0.250. The minimum atomic E-state index is -0.290. The molecule has 0 bridgehead atoms. The third kappa shape index (κ3) is 6.35. The van der Waals surface area contributed by atoms with Gasteiger partial charge in [0, 0.05) is 25.7 Å². The first kappa shape index (κ1) is 21.4. The first-order valence-corrected chi connectivity index (χ1v) is 10.1. The van der Waals surface area contributed by atoms with E-state index < -0.39 is 0 Å². The predicted molar refractivity (Wildman–Crippen MR) is 110 cm³/mol. The molecule has 1 N–H and O–H groups in total. The van der Waals surface area contributed by atoms with E-state index in [-0.39, 0.29) is 43.6 Å². The van der Waals surface area contributed by atoms with Crippen LogP contribution in [0.4, 0.5) is 4.39 Å². The zero-order chi connectivity index (χ0) is 20.6. The van der Waals surface area contributed by atoms with Crippen LogP contribution in [0.5, 0.6) is 0 Å². The number of aliphatic hydroxyl groups excluding tert-OH is 1. The summed E-state index contributed by atoms with van der Waals surface area (Å²) in [6, 6.07) is 16.3. The van der Waals surface area contributed by atoms with Crippen LogP contribution in [0, 0.1) is 5.82 Å². The number of benzene rings is 2. The van der Waals surface area contributed by atoms with Crippen molar-refractivity contribution in [1.29, 1.82) is 0 Å². The number of amides is 1. The summed E-state index contributed by atoms with van der Waals surface area (Å²) in [7, 11) is 0. The Balaban J connectivity index is 1.67. The fourth-order valence-electron chi connectivity index (χ4n) is 3.53. The number of carbonyl (C=O) groups excluding carboxylic acids is 1. The van der Waals surface area contributed by atoms with Crippen molar-refractivity contribution in [3.8, 4) is 0 Å². The van der Waals surface area contributed by atoms with Crippen LogP contribution in [-0.2, 0) is 22.6 Å². The quantitative estimate of drug-likeness (QED) is 0.740. The van der Waals surface area contributed by atoms with Gasteiger partial charge in [0.25, 0.3) is 0 Å². The van der Waals surface area contributed by atoms with E-state index in [1.807, 2.05) is 41.0 Å². The van der Waals surface area contributed by atoms with E-state index in [1.54, 1.807) is 6.07 Å². The molecule has 0 spiro atoms. The van der Waals surface area contributed by atoms with Gasteiger partial charge in [0.2, 0.25) is 5.91 Å². The van der Waals surface area contributed by atoms with E-state index in [4.69, 9.17) is 4.74 Å². The van der Waals surface area contributed by atoms with Crippen LogP contribution in [0.3, 0.4) is 0 Å². The first-order chi connectivity index (χ1) is 14.0. The molecule has 1 heterocycles. The van der Waals surface area contributed by atoms with Crippen LogP contribution >= 0.6 is 0 Å². The van der Waals surface area contributed by atoms with Crippen molar-refractivity contribution in [1.82, 2.24) is 9.80 Å². The number of hydrogen-bond acceptors (Lipinski definition) is 4. The van der Waals surface area contributed by atoms with Gasteiger partial charge in [-0.1, -0.05) is 42.5 Å². The summed E-state index contributed by atoms with van der Waals surface area (Å²) in [5.41, 5.74) is 1.94. The van der Waals surface area contributed by atoms with Gasteiger partial charge in [-0.25, -0.2) is 4.39 Å². The van der Waals surface area contributed by atoms with Crippen LogP contribution in [0.15, 0.2) is 54.6 Å². The van der Waals surface area contributed by atoms with Gasteiger partial charge < -0.3 is 14.7 Å². The predicted octanol–water partition coefficient (Wildman–Crippen LogP) is 2.48. The Morgan fingerprint density at radius 2 is 1.90 bits per heavy atom. The Labute approximate surface area is 171 Å². The molecule has 0 radical (unpaired) electrons. The molecule has 2 atom stereocenters. The standard InChI is InChI=1S/C23H29FN2O3/c1-18(16-27)26-14-22(29-17-20-8-5-9-21(24)12-20)13-25(23(28)15-26)11-10-19-6-3-2-4-7-19/h2-9,12,18,22,27H,10-11,13-17H2,1H3/t18-,22+/m0/s1. The highest BCUT2D eigenvalue weighted by Gasteiger charge is 2.30. The lowest BCUT2D eigenvalue weighted by Gasteiger charge is -2.27. The molecular formula is C23H29FN2O3. The second-order valence-corrected chi connectivity index (χ2v) is 7.60. The van der Waals surface area contributed by atoms with Crippen molar-refractivity contribution < 1.29 is 19.0 Å². The number of halogens is 1. The van der Waals surface area contributed by atoms with Crippen molar-refractivity contribution >= 4 is 5.91 Å². The third-order valence-corrected chi connectivity index (χ3v) is 5.33. The van der Waals surface area contributed by atoms with E-state index in [0.29, 0.717) is 19.6 Å². The maximum absolute atomic E-state index is 13.4. The Hall–Kier alpha value is -2.28. The maximum atomic E-state index is 13.4. The molecule has 29 heavy (non-hydrogen) atoms. The molecule has 6 heteroatoms. The van der Waals surface area contributed by atoms with E-state index in [2.05, 4.69) is 12.1 Å². The van der Waals surface area contributed by atoms with E-state index in [9.17, 15) is 14.3 Å². The highest BCUT2D eigenvalue weighted by Crippen LogP contribution is 2.15. The van der Waals surface area contributed by atoms with Crippen molar-refractivity contribution in [2.75, 3.05) is 32.8 Å². The fourth-order valence-corrected chi connectivity index (χ4v) is 3.53. The largest absolute Gasteiger partial charge is 0.395 e. The minimum Gasteiger partial charge on any atom is -0.395 e. The number of ether oxygens (including phenoxy) is 1. The van der Waals surface area contributed by atoms with Gasteiger partial charge in [-0.3, -0.25) is 9.69 Å². The fraction of sp³-hybridized carbons (Fsp3) is 0.435. The molecule has 0 unspecified atom stereocenters. The van der Waals surface area contributed by atoms with Crippen LogP contribution in [0.1, 0.15) is 18.1 Å². The number of hydrogen-bond donors (Lipinski definition) is 1. The lowest BCUT2D eigenvalue weighted by Crippen LogP contribution is -2.42. The van der Waals surface area contributed by atoms with E-state index in [0.717, 1.165) is 12.0 Å². The number of carbonyl (C=O) groups is 1. The van der Waals surface area contributed by atoms with Crippen molar-refractivity contribution in [2.45, 2.75) is 32.1 Å². The molecule has 0 saturated carbocycles. The molecule has 156 valence electrons.